The zero-order valence-electron chi connectivity index (χ0n) is 14.5. The number of hydrogen-bond acceptors (Lipinski definition) is 6. The smallest absolute Gasteiger partial charge is 0.358 e. The van der Waals surface area contributed by atoms with Crippen LogP contribution in [-0.4, -0.2) is 64.2 Å². The number of hydrogen-bond donors (Lipinski definition) is 0. The number of amides is 1. The molecule has 0 aliphatic carbocycles. The number of nitro groups is 1. The second kappa shape index (κ2) is 7.84. The molecule has 0 N–H and O–H groups in total. The van der Waals surface area contributed by atoms with E-state index >= 15 is 0 Å². The fourth-order valence-electron chi connectivity index (χ4n) is 2.88. The summed E-state index contributed by atoms with van der Waals surface area (Å²) < 4.78 is 27.8. The fourth-order valence-corrected chi connectivity index (χ4v) is 4.39. The van der Waals surface area contributed by atoms with Crippen molar-refractivity contribution in [3.63, 3.8) is 0 Å². The van der Waals surface area contributed by atoms with Gasteiger partial charge < -0.3 is 19.6 Å². The zero-order valence-corrected chi connectivity index (χ0v) is 15.3. The third-order valence-electron chi connectivity index (χ3n) is 4.30. The van der Waals surface area contributed by atoms with E-state index in [0.29, 0.717) is 0 Å². The lowest BCUT2D eigenvalue weighted by molar-refractivity contribution is -0.389. The lowest BCUT2D eigenvalue weighted by Crippen LogP contribution is -2.51. The maximum atomic E-state index is 12.5. The molecule has 3 rings (SSSR count). The molecule has 0 spiro atoms. The van der Waals surface area contributed by atoms with Gasteiger partial charge in [0.05, 0.1) is 5.75 Å². The number of carbonyl (C=O) groups is 1. The molecule has 1 aliphatic heterocycles. The van der Waals surface area contributed by atoms with E-state index < -0.39 is 14.9 Å². The van der Waals surface area contributed by atoms with Gasteiger partial charge in [0.25, 0.3) is 0 Å². The van der Waals surface area contributed by atoms with Crippen LogP contribution in [0.15, 0.2) is 42.9 Å². The number of carbonyl (C=O) groups excluding carboxylic acids is 1. The maximum Gasteiger partial charge on any atom is 0.381 e. The highest BCUT2D eigenvalue weighted by molar-refractivity contribution is 7.88. The number of imidazole rings is 1. The zero-order chi connectivity index (χ0) is 19.4. The second-order valence-electron chi connectivity index (χ2n) is 6.18. The Kier molecular flexibility index (Phi) is 5.51. The molecule has 0 atom stereocenters. The van der Waals surface area contributed by atoms with Crippen LogP contribution in [0.25, 0.3) is 0 Å². The molecule has 0 saturated carbocycles. The van der Waals surface area contributed by atoms with Gasteiger partial charge in [0.1, 0.15) is 12.7 Å². The third kappa shape index (κ3) is 4.68. The number of piperazine rings is 1. The van der Waals surface area contributed by atoms with Crippen LogP contribution in [-0.2, 0) is 27.1 Å². The lowest BCUT2D eigenvalue weighted by atomic mass is 10.2. The second-order valence-corrected chi connectivity index (χ2v) is 8.15. The summed E-state index contributed by atoms with van der Waals surface area (Å²) in [6.45, 7) is 0.945. The van der Waals surface area contributed by atoms with Crippen molar-refractivity contribution >= 4 is 21.7 Å². The van der Waals surface area contributed by atoms with Crippen molar-refractivity contribution in [1.29, 1.82) is 0 Å². The first-order valence-corrected chi connectivity index (χ1v) is 9.92. The van der Waals surface area contributed by atoms with E-state index in [1.165, 1.54) is 21.4 Å². The number of nitrogens with zero attached hydrogens (tertiary/aromatic N) is 5. The average Bonchev–Trinajstić information content (AvgIpc) is 3.11. The van der Waals surface area contributed by atoms with Crippen molar-refractivity contribution in [3.8, 4) is 0 Å². The van der Waals surface area contributed by atoms with E-state index in [2.05, 4.69) is 4.98 Å². The molecule has 27 heavy (non-hydrogen) atoms. The van der Waals surface area contributed by atoms with Crippen LogP contribution in [0.1, 0.15) is 5.56 Å². The Hall–Kier alpha value is -2.79. The van der Waals surface area contributed by atoms with Crippen molar-refractivity contribution in [2.75, 3.05) is 26.2 Å². The fraction of sp³-hybridized carbons (Fsp3) is 0.375. The van der Waals surface area contributed by atoms with Gasteiger partial charge in [0.2, 0.25) is 22.3 Å². The molecule has 1 aliphatic rings. The Balaban J connectivity index is 1.54. The summed E-state index contributed by atoms with van der Waals surface area (Å²) in [4.78, 5) is 27.5. The number of benzene rings is 1. The number of rotatable bonds is 6. The van der Waals surface area contributed by atoms with E-state index in [0.717, 1.165) is 5.56 Å². The highest BCUT2D eigenvalue weighted by Gasteiger charge is 2.29. The number of sulfonamides is 1. The molecule has 11 heteroatoms. The molecule has 2 aromatic rings. The van der Waals surface area contributed by atoms with Gasteiger partial charge in [-0.1, -0.05) is 30.3 Å². The summed E-state index contributed by atoms with van der Waals surface area (Å²) in [5.74, 6) is -0.623. The molecule has 0 unspecified atom stereocenters. The molecule has 1 saturated heterocycles. The van der Waals surface area contributed by atoms with Crippen LogP contribution >= 0.6 is 0 Å². The highest BCUT2D eigenvalue weighted by Crippen LogP contribution is 2.14. The molecule has 144 valence electrons. The van der Waals surface area contributed by atoms with Gasteiger partial charge in [-0.05, 0) is 15.5 Å². The van der Waals surface area contributed by atoms with Crippen LogP contribution in [0.3, 0.4) is 0 Å². The normalized spacial score (nSPS) is 15.6. The van der Waals surface area contributed by atoms with Crippen LogP contribution in [0.4, 0.5) is 5.82 Å². The Morgan fingerprint density at radius 2 is 1.81 bits per heavy atom. The van der Waals surface area contributed by atoms with Gasteiger partial charge >= 0.3 is 5.82 Å². The maximum absolute atomic E-state index is 12.5. The van der Waals surface area contributed by atoms with E-state index in [1.807, 2.05) is 6.07 Å². The van der Waals surface area contributed by atoms with Gasteiger partial charge in [-0.25, -0.2) is 8.42 Å². The molecule has 10 nitrogen and oxygen atoms in total. The topological polar surface area (TPSA) is 119 Å². The summed E-state index contributed by atoms with van der Waals surface area (Å²) in [7, 11) is -3.45. The minimum atomic E-state index is -3.45. The van der Waals surface area contributed by atoms with Crippen LogP contribution < -0.4 is 0 Å². The molecule has 0 radical (unpaired) electrons. The lowest BCUT2D eigenvalue weighted by Gasteiger charge is -2.34. The van der Waals surface area contributed by atoms with E-state index in [1.54, 1.807) is 29.2 Å². The molecule has 2 heterocycles. The highest BCUT2D eigenvalue weighted by atomic mass is 32.2. The van der Waals surface area contributed by atoms with E-state index in [4.69, 9.17) is 0 Å². The van der Waals surface area contributed by atoms with E-state index in [9.17, 15) is 23.3 Å². The Morgan fingerprint density at radius 3 is 2.41 bits per heavy atom. The Labute approximate surface area is 156 Å². The Bertz CT molecular complexity index is 920. The van der Waals surface area contributed by atoms with Gasteiger partial charge in [-0.3, -0.25) is 4.79 Å². The quantitative estimate of drug-likeness (QED) is 0.520. The molecule has 1 aromatic carbocycles. The van der Waals surface area contributed by atoms with Gasteiger partial charge in [0.15, 0.2) is 0 Å². The summed E-state index contributed by atoms with van der Waals surface area (Å²) in [5.41, 5.74) is 0.720. The van der Waals surface area contributed by atoms with Crippen LogP contribution in [0.2, 0.25) is 0 Å². The summed E-state index contributed by atoms with van der Waals surface area (Å²) >= 11 is 0. The van der Waals surface area contributed by atoms with Crippen LogP contribution in [0, 0.1) is 10.1 Å². The minimum absolute atomic E-state index is 0.0690. The molecule has 1 aromatic heterocycles. The van der Waals surface area contributed by atoms with Gasteiger partial charge in [-0.2, -0.15) is 4.31 Å². The predicted octanol–water partition coefficient (Wildman–Crippen LogP) is 0.465. The first kappa shape index (κ1) is 19.0. The van der Waals surface area contributed by atoms with Crippen molar-refractivity contribution < 1.29 is 18.1 Å². The van der Waals surface area contributed by atoms with Gasteiger partial charge in [-0.15, -0.1) is 0 Å². The van der Waals surface area contributed by atoms with Crippen molar-refractivity contribution in [2.45, 2.75) is 12.3 Å². The van der Waals surface area contributed by atoms with E-state index in [-0.39, 0.29) is 50.2 Å². The van der Waals surface area contributed by atoms with Gasteiger partial charge in [0, 0.05) is 26.2 Å². The molecular formula is C16H19N5O5S. The largest absolute Gasteiger partial charge is 0.381 e. The Morgan fingerprint density at radius 1 is 1.15 bits per heavy atom. The monoisotopic (exact) mass is 393 g/mol. The molecule has 1 amide bonds. The van der Waals surface area contributed by atoms with Crippen molar-refractivity contribution in [2.24, 2.45) is 0 Å². The summed E-state index contributed by atoms with van der Waals surface area (Å²) in [6.07, 6.45) is 2.43. The summed E-state index contributed by atoms with van der Waals surface area (Å²) in [6, 6.07) is 8.95. The molecule has 0 bridgehead atoms. The van der Waals surface area contributed by atoms with Crippen LogP contribution in [0.5, 0.6) is 0 Å². The third-order valence-corrected chi connectivity index (χ3v) is 6.15. The van der Waals surface area contributed by atoms with Crippen molar-refractivity contribution in [3.05, 3.63) is 58.5 Å². The minimum Gasteiger partial charge on any atom is -0.358 e. The first-order valence-electron chi connectivity index (χ1n) is 8.31. The first-order chi connectivity index (χ1) is 12.8. The molecular weight excluding hydrogens is 374 g/mol. The average molecular weight is 393 g/mol. The van der Waals surface area contributed by atoms with Crippen molar-refractivity contribution in [1.82, 2.24) is 18.8 Å². The standard InChI is InChI=1S/C16H19N5O5S/c22-16(11-18-10-15(17-13-18)21(23)24)19-6-8-20(9-7-19)27(25,26)12-14-4-2-1-3-5-14/h1-5,10,13H,6-9,11-12H2. The predicted molar refractivity (Wildman–Crippen MR) is 96.1 cm³/mol. The molecule has 1 fully saturated rings. The SMILES string of the molecule is O=C(Cn1cnc([N+](=O)[O-])c1)N1CCN(S(=O)(=O)Cc2ccccc2)CC1. The summed E-state index contributed by atoms with van der Waals surface area (Å²) in [5, 5.41) is 10.6. The number of aromatic nitrogens is 2.